The number of morpholine rings is 1. The normalized spacial score (nSPS) is 18.1. The number of hydrogen-bond acceptors (Lipinski definition) is 4. The highest BCUT2D eigenvalue weighted by molar-refractivity contribution is 8.22. The molecule has 0 N–H and O–H groups in total. The average Bonchev–Trinajstić information content (AvgIpc) is 2.81. The van der Waals surface area contributed by atoms with E-state index in [1.54, 1.807) is 11.8 Å². The molecule has 166 valence electrons. The van der Waals surface area contributed by atoms with Crippen LogP contribution in [0.4, 0.5) is 0 Å². The SMILES string of the molecule is C=CC/C=C/C=C(/SC(=NC)C(/C=C\C(C)CN1CCOCC1)=C/C)c1ccccc1. The van der Waals surface area contributed by atoms with Crippen molar-refractivity contribution < 1.29 is 4.74 Å². The second-order valence-electron chi connectivity index (χ2n) is 7.47. The number of aliphatic imine (C=N–C) groups is 1. The number of rotatable bonds is 10. The van der Waals surface area contributed by atoms with Gasteiger partial charge in [-0.3, -0.25) is 9.89 Å². The Morgan fingerprint density at radius 2 is 2.00 bits per heavy atom. The molecule has 0 saturated carbocycles. The van der Waals surface area contributed by atoms with Gasteiger partial charge in [-0.2, -0.15) is 0 Å². The molecule has 1 aromatic carbocycles. The molecule has 4 heteroatoms. The number of nitrogens with zero attached hydrogens (tertiary/aromatic N) is 2. The number of benzene rings is 1. The largest absolute Gasteiger partial charge is 0.379 e. The summed E-state index contributed by atoms with van der Waals surface area (Å²) in [6, 6.07) is 10.5. The van der Waals surface area contributed by atoms with Gasteiger partial charge in [0.15, 0.2) is 0 Å². The first kappa shape index (κ1) is 25.1. The van der Waals surface area contributed by atoms with Gasteiger partial charge in [-0.05, 0) is 30.9 Å². The van der Waals surface area contributed by atoms with Crippen LogP contribution in [0.15, 0.2) is 90.0 Å². The van der Waals surface area contributed by atoms with Crippen molar-refractivity contribution in [2.24, 2.45) is 10.9 Å². The first-order valence-electron chi connectivity index (χ1n) is 11.0. The van der Waals surface area contributed by atoms with Gasteiger partial charge in [-0.15, -0.1) is 6.58 Å². The van der Waals surface area contributed by atoms with Crippen LogP contribution in [0.3, 0.4) is 0 Å². The van der Waals surface area contributed by atoms with Gasteiger partial charge in [0.05, 0.1) is 13.2 Å². The van der Waals surface area contributed by atoms with E-state index in [4.69, 9.17) is 4.74 Å². The third kappa shape index (κ3) is 9.26. The molecule has 1 aliphatic rings. The van der Waals surface area contributed by atoms with Gasteiger partial charge in [-0.1, -0.05) is 85.5 Å². The van der Waals surface area contributed by atoms with Crippen LogP contribution < -0.4 is 0 Å². The standard InChI is InChI=1S/C27H36N2OS/c1-5-7-8-12-15-26(25-13-10-9-11-14-25)31-27(28-4)24(6-2)17-16-23(3)22-29-18-20-30-21-19-29/h5-6,8-17,23H,1,7,18-22H2,2-4H3/b12-8+,17-16-,24-6+,26-15+,28-27?. The van der Waals surface area contributed by atoms with Gasteiger partial charge in [-0.25, -0.2) is 0 Å². The van der Waals surface area contributed by atoms with Gasteiger partial charge in [0.2, 0.25) is 0 Å². The molecule has 1 fully saturated rings. The molecule has 1 heterocycles. The molecule has 1 saturated heterocycles. The van der Waals surface area contributed by atoms with E-state index in [0.29, 0.717) is 5.92 Å². The fourth-order valence-corrected chi connectivity index (χ4v) is 4.27. The van der Waals surface area contributed by atoms with Crippen LogP contribution in [0.2, 0.25) is 0 Å². The first-order valence-corrected chi connectivity index (χ1v) is 11.8. The highest BCUT2D eigenvalue weighted by Gasteiger charge is 2.13. The van der Waals surface area contributed by atoms with Crippen LogP contribution in [0.5, 0.6) is 0 Å². The zero-order valence-electron chi connectivity index (χ0n) is 19.2. The quantitative estimate of drug-likeness (QED) is 0.184. The summed E-state index contributed by atoms with van der Waals surface area (Å²) < 4.78 is 5.46. The molecule has 0 aromatic heterocycles. The van der Waals surface area contributed by atoms with Crippen molar-refractivity contribution in [3.05, 3.63) is 90.6 Å². The van der Waals surface area contributed by atoms with Gasteiger partial charge < -0.3 is 4.74 Å². The van der Waals surface area contributed by atoms with Crippen molar-refractivity contribution in [2.45, 2.75) is 20.3 Å². The van der Waals surface area contributed by atoms with Crippen LogP contribution in [0.25, 0.3) is 4.91 Å². The Morgan fingerprint density at radius 3 is 2.65 bits per heavy atom. The summed E-state index contributed by atoms with van der Waals surface area (Å²) in [6.45, 7) is 12.9. The van der Waals surface area contributed by atoms with Crippen molar-refractivity contribution >= 4 is 21.7 Å². The summed E-state index contributed by atoms with van der Waals surface area (Å²) in [7, 11) is 1.87. The molecular formula is C27H36N2OS. The van der Waals surface area contributed by atoms with E-state index in [0.717, 1.165) is 49.9 Å². The molecule has 1 aromatic rings. The van der Waals surface area contributed by atoms with Gasteiger partial charge >= 0.3 is 0 Å². The van der Waals surface area contributed by atoms with Crippen molar-refractivity contribution in [1.29, 1.82) is 0 Å². The molecule has 0 radical (unpaired) electrons. The molecule has 0 bridgehead atoms. The lowest BCUT2D eigenvalue weighted by Crippen LogP contribution is -2.38. The second-order valence-corrected chi connectivity index (χ2v) is 8.50. The molecule has 31 heavy (non-hydrogen) atoms. The Morgan fingerprint density at radius 1 is 1.26 bits per heavy atom. The third-order valence-electron chi connectivity index (χ3n) is 4.97. The summed E-state index contributed by atoms with van der Waals surface area (Å²) in [5.41, 5.74) is 2.34. The second kappa shape index (κ2) is 14.8. The molecule has 1 aliphatic heterocycles. The average molecular weight is 437 g/mol. The van der Waals surface area contributed by atoms with Crippen LogP contribution >= 0.6 is 11.8 Å². The maximum atomic E-state index is 5.46. The monoisotopic (exact) mass is 436 g/mol. The lowest BCUT2D eigenvalue weighted by Gasteiger charge is -2.28. The van der Waals surface area contributed by atoms with E-state index in [9.17, 15) is 0 Å². The molecule has 1 atom stereocenters. The van der Waals surface area contributed by atoms with Crippen LogP contribution in [-0.2, 0) is 4.74 Å². The highest BCUT2D eigenvalue weighted by atomic mass is 32.2. The third-order valence-corrected chi connectivity index (χ3v) is 6.17. The van der Waals surface area contributed by atoms with E-state index in [-0.39, 0.29) is 0 Å². The van der Waals surface area contributed by atoms with Crippen LogP contribution in [0, 0.1) is 5.92 Å². The zero-order chi connectivity index (χ0) is 22.3. The number of thioether (sulfide) groups is 1. The minimum Gasteiger partial charge on any atom is -0.379 e. The van der Waals surface area contributed by atoms with Crippen LogP contribution in [-0.4, -0.2) is 49.8 Å². The minimum atomic E-state index is 0.474. The molecule has 0 amide bonds. The van der Waals surface area contributed by atoms with E-state index in [1.165, 1.54) is 10.5 Å². The Labute approximate surface area is 193 Å². The van der Waals surface area contributed by atoms with Gasteiger partial charge in [0, 0.05) is 37.2 Å². The maximum Gasteiger partial charge on any atom is 0.102 e. The van der Waals surface area contributed by atoms with Crippen molar-refractivity contribution in [1.82, 2.24) is 4.90 Å². The zero-order valence-corrected chi connectivity index (χ0v) is 20.0. The Hall–Kier alpha value is -2.14. The summed E-state index contributed by atoms with van der Waals surface area (Å²) in [5, 5.41) is 1.02. The van der Waals surface area contributed by atoms with Crippen molar-refractivity contribution in [3.8, 4) is 0 Å². The lowest BCUT2D eigenvalue weighted by atomic mass is 10.1. The Kier molecular flexibility index (Phi) is 12.0. The van der Waals surface area contributed by atoms with E-state index >= 15 is 0 Å². The molecule has 2 rings (SSSR count). The minimum absolute atomic E-state index is 0.474. The van der Waals surface area contributed by atoms with Crippen LogP contribution in [0.1, 0.15) is 25.8 Å². The summed E-state index contributed by atoms with van der Waals surface area (Å²) in [4.78, 5) is 8.27. The highest BCUT2D eigenvalue weighted by Crippen LogP contribution is 2.31. The molecule has 1 unspecified atom stereocenters. The van der Waals surface area contributed by atoms with Crippen molar-refractivity contribution in [2.75, 3.05) is 39.9 Å². The summed E-state index contributed by atoms with van der Waals surface area (Å²) in [5.74, 6) is 0.474. The number of ether oxygens (including phenoxy) is 1. The topological polar surface area (TPSA) is 24.8 Å². The number of allylic oxidation sites excluding steroid dienone is 6. The van der Waals surface area contributed by atoms with Gasteiger partial charge in [0.1, 0.15) is 5.04 Å². The molecule has 0 aliphatic carbocycles. The van der Waals surface area contributed by atoms with Gasteiger partial charge in [0.25, 0.3) is 0 Å². The molecule has 3 nitrogen and oxygen atoms in total. The fraction of sp³-hybridized carbons (Fsp3) is 0.370. The fourth-order valence-electron chi connectivity index (χ4n) is 3.27. The predicted molar refractivity (Wildman–Crippen MR) is 139 cm³/mol. The first-order chi connectivity index (χ1) is 15.2. The van der Waals surface area contributed by atoms with E-state index in [2.05, 4.69) is 91.0 Å². The number of hydrogen-bond donors (Lipinski definition) is 0. The smallest absolute Gasteiger partial charge is 0.102 e. The predicted octanol–water partition coefficient (Wildman–Crippen LogP) is 6.39. The lowest BCUT2D eigenvalue weighted by molar-refractivity contribution is 0.0343. The van der Waals surface area contributed by atoms with E-state index in [1.807, 2.05) is 19.2 Å². The molecule has 0 spiro atoms. The summed E-state index contributed by atoms with van der Waals surface area (Å²) in [6.07, 6.45) is 15.8. The molecular weight excluding hydrogens is 400 g/mol. The Bertz CT molecular complexity index is 815. The summed E-state index contributed by atoms with van der Waals surface area (Å²) >= 11 is 1.71. The Balaban J connectivity index is 2.11. The van der Waals surface area contributed by atoms with E-state index < -0.39 is 0 Å². The maximum absolute atomic E-state index is 5.46. The van der Waals surface area contributed by atoms with Crippen molar-refractivity contribution in [3.63, 3.8) is 0 Å².